The Morgan fingerprint density at radius 3 is 2.42 bits per heavy atom. The van der Waals surface area contributed by atoms with Crippen molar-refractivity contribution in [3.05, 3.63) is 41.6 Å². The lowest BCUT2D eigenvalue weighted by Crippen LogP contribution is -2.45. The molecular weight excluding hydrogens is 404 g/mol. The predicted octanol–water partition coefficient (Wildman–Crippen LogP) is 6.66. The topological polar surface area (TPSA) is 51.7 Å². The molecule has 0 unspecified atom stereocenters. The van der Waals surface area contributed by atoms with E-state index in [0.717, 1.165) is 34.9 Å². The lowest BCUT2D eigenvalue weighted by molar-refractivity contribution is 0.0588. The van der Waals surface area contributed by atoms with Crippen LogP contribution in [-0.4, -0.2) is 35.9 Å². The van der Waals surface area contributed by atoms with Crippen molar-refractivity contribution in [1.82, 2.24) is 9.88 Å². The highest BCUT2D eigenvalue weighted by Gasteiger charge is 2.37. The van der Waals surface area contributed by atoms with Crippen LogP contribution in [0.25, 0.3) is 10.9 Å². The Morgan fingerprint density at radius 2 is 1.84 bits per heavy atom. The molecule has 5 nitrogen and oxygen atoms in total. The number of nitrogens with zero attached hydrogens (tertiary/aromatic N) is 2. The average Bonchev–Trinajstić information content (AvgIpc) is 3.46. The zero-order valence-corrected chi connectivity index (χ0v) is 21.4. The summed E-state index contributed by atoms with van der Waals surface area (Å²) in [4.78, 5) is 19.3. The third kappa shape index (κ3) is 5.86. The fourth-order valence-electron chi connectivity index (χ4n) is 3.16. The Bertz CT molecular complexity index is 940. The average molecular weight is 443 g/mol. The molecule has 0 N–H and O–H groups in total. The molecule has 6 heteroatoms. The highest BCUT2D eigenvalue weighted by molar-refractivity contribution is 6.74. The molecule has 1 aromatic heterocycles. The van der Waals surface area contributed by atoms with Crippen LogP contribution < -0.4 is 0 Å². The molecule has 31 heavy (non-hydrogen) atoms. The number of hydrogen-bond donors (Lipinski definition) is 0. The van der Waals surface area contributed by atoms with Gasteiger partial charge in [-0.1, -0.05) is 26.8 Å². The van der Waals surface area contributed by atoms with Gasteiger partial charge < -0.3 is 9.16 Å². The van der Waals surface area contributed by atoms with Gasteiger partial charge in [0.2, 0.25) is 0 Å². The van der Waals surface area contributed by atoms with Crippen molar-refractivity contribution in [2.24, 2.45) is 0 Å². The number of ether oxygens (including phenoxy) is 1. The maximum absolute atomic E-state index is 12.9. The van der Waals surface area contributed by atoms with E-state index in [-0.39, 0.29) is 22.8 Å². The number of hydrogen-bond acceptors (Lipinski definition) is 4. The van der Waals surface area contributed by atoms with Gasteiger partial charge in [0, 0.05) is 17.1 Å². The summed E-state index contributed by atoms with van der Waals surface area (Å²) in [6.45, 7) is 18.4. The fraction of sp³-hybridized carbons (Fsp3) is 0.600. The van der Waals surface area contributed by atoms with Gasteiger partial charge in [-0.3, -0.25) is 9.88 Å². The van der Waals surface area contributed by atoms with Crippen LogP contribution in [0.15, 0.2) is 30.5 Å². The minimum Gasteiger partial charge on any atom is -0.446 e. The SMILES string of the molecule is CC(C)(C)N(Cc1cc(CO[Si](C)(C)C(C)(C)C)cc2cccnc12)C(=O)OC1CC1. The van der Waals surface area contributed by atoms with Crippen molar-refractivity contribution in [3.63, 3.8) is 0 Å². The molecular formula is C25H38N2O3Si. The van der Waals surface area contributed by atoms with Crippen molar-refractivity contribution >= 4 is 25.3 Å². The summed E-state index contributed by atoms with van der Waals surface area (Å²) in [5.74, 6) is 0. The molecule has 0 spiro atoms. The van der Waals surface area contributed by atoms with Crippen LogP contribution >= 0.6 is 0 Å². The van der Waals surface area contributed by atoms with Crippen molar-refractivity contribution in [2.75, 3.05) is 0 Å². The number of carbonyl (C=O) groups is 1. The maximum Gasteiger partial charge on any atom is 0.410 e. The number of rotatable bonds is 6. The van der Waals surface area contributed by atoms with Crippen LogP contribution in [0.2, 0.25) is 18.1 Å². The molecule has 0 atom stereocenters. The van der Waals surface area contributed by atoms with Gasteiger partial charge in [0.05, 0.1) is 18.7 Å². The van der Waals surface area contributed by atoms with Crippen molar-refractivity contribution in [3.8, 4) is 0 Å². The first-order chi connectivity index (χ1) is 14.3. The van der Waals surface area contributed by atoms with E-state index in [0.29, 0.717) is 13.2 Å². The minimum absolute atomic E-state index is 0.0801. The molecule has 1 aliphatic carbocycles. The number of benzene rings is 1. The predicted molar refractivity (Wildman–Crippen MR) is 129 cm³/mol. The van der Waals surface area contributed by atoms with E-state index in [9.17, 15) is 4.79 Å². The summed E-state index contributed by atoms with van der Waals surface area (Å²) in [5, 5.41) is 1.22. The van der Waals surface area contributed by atoms with E-state index in [1.165, 1.54) is 0 Å². The summed E-state index contributed by atoms with van der Waals surface area (Å²) >= 11 is 0. The van der Waals surface area contributed by atoms with Crippen LogP contribution in [-0.2, 0) is 22.3 Å². The summed E-state index contributed by atoms with van der Waals surface area (Å²) in [6, 6.07) is 8.33. The fourth-order valence-corrected chi connectivity index (χ4v) is 4.12. The Morgan fingerprint density at radius 1 is 1.16 bits per heavy atom. The van der Waals surface area contributed by atoms with E-state index in [2.05, 4.69) is 57.0 Å². The van der Waals surface area contributed by atoms with E-state index in [1.807, 2.05) is 37.9 Å². The number of carbonyl (C=O) groups excluding carboxylic acids is 1. The van der Waals surface area contributed by atoms with Crippen LogP contribution in [0.3, 0.4) is 0 Å². The van der Waals surface area contributed by atoms with E-state index >= 15 is 0 Å². The molecule has 0 bridgehead atoms. The zero-order valence-electron chi connectivity index (χ0n) is 20.4. The van der Waals surface area contributed by atoms with Crippen molar-refractivity contribution in [1.29, 1.82) is 0 Å². The van der Waals surface area contributed by atoms with Crippen LogP contribution in [0.4, 0.5) is 4.79 Å². The highest BCUT2D eigenvalue weighted by Crippen LogP contribution is 2.37. The first-order valence-electron chi connectivity index (χ1n) is 11.3. The summed E-state index contributed by atoms with van der Waals surface area (Å²) in [5.41, 5.74) is 2.70. The lowest BCUT2D eigenvalue weighted by Gasteiger charge is -2.36. The maximum atomic E-state index is 12.9. The van der Waals surface area contributed by atoms with E-state index in [1.54, 1.807) is 0 Å². The second-order valence-electron chi connectivity index (χ2n) is 11.2. The van der Waals surface area contributed by atoms with Gasteiger partial charge >= 0.3 is 6.09 Å². The number of amides is 1. The van der Waals surface area contributed by atoms with Crippen LogP contribution in [0.5, 0.6) is 0 Å². The standard InChI is InChI=1S/C25H38N2O3Si/c1-24(2,3)27(23(28)30-21-11-12-21)16-20-15-18(14-19-10-9-13-26-22(19)20)17-29-31(7,8)25(4,5)6/h9-10,13-15,21H,11-12,16-17H2,1-8H3. The molecule has 1 saturated carbocycles. The van der Waals surface area contributed by atoms with Crippen LogP contribution in [0.1, 0.15) is 65.5 Å². The second-order valence-corrected chi connectivity index (χ2v) is 16.0. The van der Waals surface area contributed by atoms with Gasteiger partial charge in [-0.15, -0.1) is 0 Å². The Hall–Kier alpha value is -1.92. The van der Waals surface area contributed by atoms with Gasteiger partial charge in [0.15, 0.2) is 8.32 Å². The smallest absolute Gasteiger partial charge is 0.410 e. The molecule has 1 aliphatic rings. The zero-order chi connectivity index (χ0) is 23.0. The molecule has 0 saturated heterocycles. The number of aromatic nitrogens is 1. The van der Waals surface area contributed by atoms with Crippen molar-refractivity contribution in [2.45, 2.75) is 97.3 Å². The van der Waals surface area contributed by atoms with Gasteiger partial charge in [0.25, 0.3) is 0 Å². The largest absolute Gasteiger partial charge is 0.446 e. The van der Waals surface area contributed by atoms with Gasteiger partial charge in [0.1, 0.15) is 6.10 Å². The molecule has 1 heterocycles. The van der Waals surface area contributed by atoms with Crippen LogP contribution in [0, 0.1) is 0 Å². The number of pyridine rings is 1. The third-order valence-electron chi connectivity index (χ3n) is 6.40. The minimum atomic E-state index is -1.86. The monoisotopic (exact) mass is 442 g/mol. The first-order valence-corrected chi connectivity index (χ1v) is 14.2. The third-order valence-corrected chi connectivity index (χ3v) is 10.9. The van der Waals surface area contributed by atoms with Gasteiger partial charge in [-0.05, 0) is 81.1 Å². The normalized spacial score (nSPS) is 15.2. The molecule has 2 aromatic rings. The van der Waals surface area contributed by atoms with E-state index < -0.39 is 8.32 Å². The van der Waals surface area contributed by atoms with Crippen molar-refractivity contribution < 1.29 is 14.0 Å². The molecule has 3 rings (SSSR count). The molecule has 1 fully saturated rings. The first kappa shape index (κ1) is 23.7. The quantitative estimate of drug-likeness (QED) is 0.470. The molecule has 1 aromatic carbocycles. The van der Waals surface area contributed by atoms with Gasteiger partial charge in [-0.25, -0.2) is 4.79 Å². The summed E-state index contributed by atoms with van der Waals surface area (Å²) in [7, 11) is -1.86. The summed E-state index contributed by atoms with van der Waals surface area (Å²) < 4.78 is 12.1. The Balaban J connectivity index is 1.91. The molecule has 0 radical (unpaired) electrons. The molecule has 170 valence electrons. The summed E-state index contributed by atoms with van der Waals surface area (Å²) in [6.07, 6.45) is 3.57. The molecule has 0 aliphatic heterocycles. The van der Waals surface area contributed by atoms with E-state index in [4.69, 9.17) is 9.16 Å². The Kier molecular flexibility index (Phi) is 6.54. The highest BCUT2D eigenvalue weighted by atomic mass is 28.4. The Labute approximate surface area is 188 Å². The lowest BCUT2D eigenvalue weighted by atomic mass is 10.0. The number of fused-ring (bicyclic) bond motifs is 1. The van der Waals surface area contributed by atoms with Gasteiger partial charge in [-0.2, -0.15) is 0 Å². The molecule has 1 amide bonds. The second kappa shape index (κ2) is 8.55.